The molecule has 3 rings (SSSR count). The first-order valence-electron chi connectivity index (χ1n) is 6.06. The van der Waals surface area contributed by atoms with Crippen molar-refractivity contribution in [2.24, 2.45) is 0 Å². The molecule has 0 aromatic carbocycles. The normalized spacial score (nSPS) is 11.2. The summed E-state index contributed by atoms with van der Waals surface area (Å²) in [5.74, 6) is 0.0305. The van der Waals surface area contributed by atoms with Gasteiger partial charge >= 0.3 is 5.97 Å². The Morgan fingerprint density at radius 2 is 2.43 bits per heavy atom. The molecule has 0 spiro atoms. The van der Waals surface area contributed by atoms with Gasteiger partial charge in [-0.3, -0.25) is 9.20 Å². The van der Waals surface area contributed by atoms with Crippen molar-refractivity contribution in [3.63, 3.8) is 0 Å². The average molecular weight is 302 g/mol. The summed E-state index contributed by atoms with van der Waals surface area (Å²) in [7, 11) is 0. The fourth-order valence-electron chi connectivity index (χ4n) is 1.69. The van der Waals surface area contributed by atoms with Crippen molar-refractivity contribution < 1.29 is 13.9 Å². The summed E-state index contributed by atoms with van der Waals surface area (Å²) in [6.07, 6.45) is 5.93. The number of aromatic nitrogens is 2. The van der Waals surface area contributed by atoms with Crippen LogP contribution in [0, 0.1) is 0 Å². The van der Waals surface area contributed by atoms with E-state index in [0.717, 1.165) is 0 Å². The molecule has 3 aromatic heterocycles. The maximum atomic E-state index is 11.7. The highest BCUT2D eigenvalue weighted by molar-refractivity contribution is 7.15. The van der Waals surface area contributed by atoms with Gasteiger partial charge in [-0.2, -0.15) is 0 Å². The van der Waals surface area contributed by atoms with Crippen molar-refractivity contribution in [1.82, 2.24) is 9.38 Å². The van der Waals surface area contributed by atoms with E-state index < -0.39 is 5.97 Å². The second-order valence-corrected chi connectivity index (χ2v) is 4.97. The SMILES string of the molecule is O=C(/C=C/c1ccco1)OCc1cc(=O)n2ccsc2n1. The lowest BCUT2D eigenvalue weighted by Gasteiger charge is -2.01. The number of nitrogens with zero attached hydrogens (tertiary/aromatic N) is 2. The number of carbonyl (C=O) groups excluding carboxylic acids is 1. The standard InChI is InChI=1S/C14H10N2O4S/c17-12-8-10(15-14-16(12)5-7-21-14)9-20-13(18)4-3-11-2-1-6-19-11/h1-8H,9H2/b4-3+. The van der Waals surface area contributed by atoms with E-state index in [4.69, 9.17) is 9.15 Å². The summed E-state index contributed by atoms with van der Waals surface area (Å²) in [4.78, 5) is 28.1. The van der Waals surface area contributed by atoms with Crippen LogP contribution in [0.2, 0.25) is 0 Å². The number of thiazole rings is 1. The zero-order valence-corrected chi connectivity index (χ0v) is 11.6. The van der Waals surface area contributed by atoms with Gasteiger partial charge in [0.25, 0.3) is 5.56 Å². The van der Waals surface area contributed by atoms with Crippen molar-refractivity contribution in [3.05, 3.63) is 63.9 Å². The Morgan fingerprint density at radius 1 is 1.52 bits per heavy atom. The van der Waals surface area contributed by atoms with Crippen molar-refractivity contribution in [1.29, 1.82) is 0 Å². The van der Waals surface area contributed by atoms with Gasteiger partial charge in [-0.25, -0.2) is 9.78 Å². The molecule has 0 saturated carbocycles. The number of esters is 1. The lowest BCUT2D eigenvalue weighted by molar-refractivity contribution is -0.139. The van der Waals surface area contributed by atoms with Gasteiger partial charge in [0.1, 0.15) is 12.4 Å². The van der Waals surface area contributed by atoms with Gasteiger partial charge in [-0.05, 0) is 18.2 Å². The Labute approximate surface area is 122 Å². The van der Waals surface area contributed by atoms with E-state index >= 15 is 0 Å². The van der Waals surface area contributed by atoms with Crippen molar-refractivity contribution in [2.45, 2.75) is 6.61 Å². The van der Waals surface area contributed by atoms with Crippen molar-refractivity contribution in [3.8, 4) is 0 Å². The first-order chi connectivity index (χ1) is 10.2. The molecule has 0 atom stereocenters. The van der Waals surface area contributed by atoms with Crippen LogP contribution in [0.1, 0.15) is 11.5 Å². The number of ether oxygens (including phenoxy) is 1. The lowest BCUT2D eigenvalue weighted by atomic mass is 10.4. The van der Waals surface area contributed by atoms with Gasteiger partial charge in [0.15, 0.2) is 4.96 Å². The third-order valence-corrected chi connectivity index (χ3v) is 3.40. The maximum Gasteiger partial charge on any atom is 0.331 e. The zero-order valence-electron chi connectivity index (χ0n) is 10.8. The molecule has 0 amide bonds. The first-order valence-corrected chi connectivity index (χ1v) is 6.94. The summed E-state index contributed by atoms with van der Waals surface area (Å²) >= 11 is 1.34. The molecule has 0 N–H and O–H groups in total. The summed E-state index contributed by atoms with van der Waals surface area (Å²) in [5.41, 5.74) is 0.223. The van der Waals surface area contributed by atoms with Crippen LogP contribution < -0.4 is 5.56 Å². The molecule has 0 saturated heterocycles. The van der Waals surface area contributed by atoms with Gasteiger partial charge in [0, 0.05) is 23.7 Å². The fraction of sp³-hybridized carbons (Fsp3) is 0.0714. The minimum Gasteiger partial charge on any atom is -0.465 e. The number of hydrogen-bond donors (Lipinski definition) is 0. The van der Waals surface area contributed by atoms with E-state index in [1.165, 1.54) is 40.2 Å². The van der Waals surface area contributed by atoms with Crippen LogP contribution in [0.15, 0.2) is 51.3 Å². The van der Waals surface area contributed by atoms with Crippen LogP contribution in [0.5, 0.6) is 0 Å². The van der Waals surface area contributed by atoms with Crippen LogP contribution in [-0.2, 0) is 16.1 Å². The molecular weight excluding hydrogens is 292 g/mol. The largest absolute Gasteiger partial charge is 0.465 e. The van der Waals surface area contributed by atoms with Crippen LogP contribution in [0.3, 0.4) is 0 Å². The number of carbonyl (C=O) groups is 1. The number of furan rings is 1. The minimum atomic E-state index is -0.528. The Hall–Kier alpha value is -2.67. The van der Waals surface area contributed by atoms with E-state index in [1.54, 1.807) is 23.7 Å². The molecule has 0 bridgehead atoms. The van der Waals surface area contributed by atoms with Gasteiger partial charge < -0.3 is 9.15 Å². The highest BCUT2D eigenvalue weighted by atomic mass is 32.1. The van der Waals surface area contributed by atoms with E-state index in [-0.39, 0.29) is 12.2 Å². The lowest BCUT2D eigenvalue weighted by Crippen LogP contribution is -2.14. The van der Waals surface area contributed by atoms with E-state index in [1.807, 2.05) is 0 Å². The summed E-state index contributed by atoms with van der Waals surface area (Å²) in [6.45, 7) is -0.0506. The van der Waals surface area contributed by atoms with E-state index in [2.05, 4.69) is 4.98 Å². The third-order valence-electron chi connectivity index (χ3n) is 2.65. The quantitative estimate of drug-likeness (QED) is 0.545. The number of hydrogen-bond acceptors (Lipinski definition) is 6. The van der Waals surface area contributed by atoms with Gasteiger partial charge in [-0.1, -0.05) is 0 Å². The fourth-order valence-corrected chi connectivity index (χ4v) is 2.43. The Bertz CT molecular complexity index is 845. The number of rotatable bonds is 4. The molecule has 7 heteroatoms. The molecule has 0 aliphatic rings. The van der Waals surface area contributed by atoms with Crippen LogP contribution in [0.4, 0.5) is 0 Å². The molecule has 0 fully saturated rings. The molecule has 0 aliphatic heterocycles. The van der Waals surface area contributed by atoms with E-state index in [0.29, 0.717) is 16.4 Å². The van der Waals surface area contributed by atoms with Gasteiger partial charge in [-0.15, -0.1) is 11.3 Å². The number of fused-ring (bicyclic) bond motifs is 1. The summed E-state index contributed by atoms with van der Waals surface area (Å²) in [6, 6.07) is 4.79. The second kappa shape index (κ2) is 5.76. The molecule has 6 nitrogen and oxygen atoms in total. The van der Waals surface area contributed by atoms with Gasteiger partial charge in [0.2, 0.25) is 0 Å². The summed E-state index contributed by atoms with van der Waals surface area (Å²) in [5, 5.41) is 1.77. The predicted molar refractivity (Wildman–Crippen MR) is 76.9 cm³/mol. The highest BCUT2D eigenvalue weighted by Gasteiger charge is 2.05. The second-order valence-electron chi connectivity index (χ2n) is 4.10. The van der Waals surface area contributed by atoms with Crippen molar-refractivity contribution >= 4 is 28.3 Å². The predicted octanol–water partition coefficient (Wildman–Crippen LogP) is 2.11. The average Bonchev–Trinajstić information content (AvgIpc) is 3.14. The molecule has 0 aliphatic carbocycles. The molecule has 3 aromatic rings. The smallest absolute Gasteiger partial charge is 0.331 e. The molecule has 106 valence electrons. The Kier molecular flexibility index (Phi) is 3.65. The zero-order chi connectivity index (χ0) is 14.7. The van der Waals surface area contributed by atoms with Crippen molar-refractivity contribution in [2.75, 3.05) is 0 Å². The topological polar surface area (TPSA) is 73.8 Å². The Morgan fingerprint density at radius 3 is 3.24 bits per heavy atom. The molecule has 3 heterocycles. The van der Waals surface area contributed by atoms with Crippen LogP contribution >= 0.6 is 11.3 Å². The third kappa shape index (κ3) is 3.09. The molecule has 0 radical (unpaired) electrons. The van der Waals surface area contributed by atoms with Crippen LogP contribution in [0.25, 0.3) is 11.0 Å². The van der Waals surface area contributed by atoms with Gasteiger partial charge in [0.05, 0.1) is 12.0 Å². The minimum absolute atomic E-state index is 0.0506. The first kappa shape index (κ1) is 13.3. The maximum absolute atomic E-state index is 11.7. The Balaban J connectivity index is 1.66. The van der Waals surface area contributed by atoms with Crippen LogP contribution in [-0.4, -0.2) is 15.4 Å². The summed E-state index contributed by atoms with van der Waals surface area (Å²) < 4.78 is 11.5. The molecular formula is C14H10N2O4S. The highest BCUT2D eigenvalue weighted by Crippen LogP contribution is 2.07. The van der Waals surface area contributed by atoms with E-state index in [9.17, 15) is 9.59 Å². The monoisotopic (exact) mass is 302 g/mol. The molecule has 0 unspecified atom stereocenters. The molecule has 21 heavy (non-hydrogen) atoms.